The number of nitrogens with zero attached hydrogens (tertiary/aromatic N) is 3. The largest absolute Gasteiger partial charge is 0.321 e. The van der Waals surface area contributed by atoms with Crippen LogP contribution in [0.3, 0.4) is 0 Å². The number of halogens is 1. The number of amides is 1. The first kappa shape index (κ1) is 16.5. The second-order valence-corrected chi connectivity index (χ2v) is 5.44. The van der Waals surface area contributed by atoms with Gasteiger partial charge in [-0.3, -0.25) is 14.9 Å². The summed E-state index contributed by atoms with van der Waals surface area (Å²) in [6.45, 7) is 0. The van der Waals surface area contributed by atoms with Gasteiger partial charge in [0, 0.05) is 30.1 Å². The van der Waals surface area contributed by atoms with Crippen LogP contribution in [0.1, 0.15) is 10.4 Å². The lowest BCUT2D eigenvalue weighted by atomic mass is 10.2. The highest BCUT2D eigenvalue weighted by Gasteiger charge is 2.12. The Balaban J connectivity index is 1.80. The number of benzene rings is 2. The van der Waals surface area contributed by atoms with Crippen LogP contribution in [-0.2, 0) is 0 Å². The molecule has 2 aromatic carbocycles. The summed E-state index contributed by atoms with van der Waals surface area (Å²) in [7, 11) is 0. The molecule has 0 bridgehead atoms. The standard InChI is InChI=1S/C17H11ClN4O3/c18-14-6-1-2-7-15(14)21-17(23)12-9-19-16(20-10-12)11-4-3-5-13(8-11)22(24)25/h1-10H,(H,21,23). The van der Waals surface area contributed by atoms with Gasteiger partial charge >= 0.3 is 0 Å². The molecule has 0 saturated heterocycles. The zero-order chi connectivity index (χ0) is 17.8. The molecule has 0 radical (unpaired) electrons. The zero-order valence-electron chi connectivity index (χ0n) is 12.7. The molecule has 1 heterocycles. The number of rotatable bonds is 4. The Morgan fingerprint density at radius 1 is 1.08 bits per heavy atom. The molecule has 0 aliphatic carbocycles. The summed E-state index contributed by atoms with van der Waals surface area (Å²) in [5.74, 6) is -0.114. The first-order valence-electron chi connectivity index (χ1n) is 7.17. The molecule has 0 aliphatic heterocycles. The maximum atomic E-state index is 12.2. The normalized spacial score (nSPS) is 10.3. The molecule has 3 rings (SSSR count). The first-order valence-corrected chi connectivity index (χ1v) is 7.55. The third-order valence-electron chi connectivity index (χ3n) is 3.35. The van der Waals surface area contributed by atoms with E-state index < -0.39 is 10.8 Å². The van der Waals surface area contributed by atoms with Crippen molar-refractivity contribution in [1.29, 1.82) is 0 Å². The molecule has 3 aromatic rings. The Morgan fingerprint density at radius 2 is 1.80 bits per heavy atom. The summed E-state index contributed by atoms with van der Waals surface area (Å²) in [4.78, 5) is 30.8. The fourth-order valence-corrected chi connectivity index (χ4v) is 2.29. The van der Waals surface area contributed by atoms with Crippen LogP contribution >= 0.6 is 11.6 Å². The van der Waals surface area contributed by atoms with E-state index in [2.05, 4.69) is 15.3 Å². The van der Waals surface area contributed by atoms with Gasteiger partial charge in [-0.25, -0.2) is 9.97 Å². The minimum atomic E-state index is -0.491. The Kier molecular flexibility index (Phi) is 4.67. The van der Waals surface area contributed by atoms with E-state index in [1.54, 1.807) is 36.4 Å². The fourth-order valence-electron chi connectivity index (χ4n) is 2.11. The summed E-state index contributed by atoms with van der Waals surface area (Å²) in [5.41, 5.74) is 1.17. The molecular formula is C17H11ClN4O3. The number of nitro benzene ring substituents is 1. The minimum Gasteiger partial charge on any atom is -0.321 e. The van der Waals surface area contributed by atoms with Crippen molar-refractivity contribution in [3.8, 4) is 11.4 Å². The highest BCUT2D eigenvalue weighted by atomic mass is 35.5. The zero-order valence-corrected chi connectivity index (χ0v) is 13.5. The number of carbonyl (C=O) groups is 1. The van der Waals surface area contributed by atoms with Crippen LogP contribution in [0.4, 0.5) is 11.4 Å². The van der Waals surface area contributed by atoms with Crippen LogP contribution in [0.2, 0.25) is 5.02 Å². The van der Waals surface area contributed by atoms with Crippen LogP contribution in [0.25, 0.3) is 11.4 Å². The topological polar surface area (TPSA) is 98.0 Å². The highest BCUT2D eigenvalue weighted by Crippen LogP contribution is 2.22. The molecular weight excluding hydrogens is 344 g/mol. The Morgan fingerprint density at radius 3 is 2.48 bits per heavy atom. The van der Waals surface area contributed by atoms with Crippen molar-refractivity contribution in [2.75, 3.05) is 5.32 Å². The Bertz CT molecular complexity index is 945. The van der Waals surface area contributed by atoms with Crippen LogP contribution < -0.4 is 5.32 Å². The van der Waals surface area contributed by atoms with Gasteiger partial charge < -0.3 is 5.32 Å². The SMILES string of the molecule is O=C(Nc1ccccc1Cl)c1cnc(-c2cccc([N+](=O)[O-])c2)nc1. The van der Waals surface area contributed by atoms with E-state index in [9.17, 15) is 14.9 Å². The van der Waals surface area contributed by atoms with Crippen LogP contribution in [0, 0.1) is 10.1 Å². The van der Waals surface area contributed by atoms with Crippen molar-refractivity contribution in [1.82, 2.24) is 9.97 Å². The molecule has 1 N–H and O–H groups in total. The van der Waals surface area contributed by atoms with Crippen molar-refractivity contribution in [3.05, 3.63) is 81.6 Å². The van der Waals surface area contributed by atoms with Crippen LogP contribution in [0.15, 0.2) is 60.9 Å². The van der Waals surface area contributed by atoms with Gasteiger partial charge in [0.25, 0.3) is 11.6 Å². The quantitative estimate of drug-likeness (QED) is 0.565. The molecule has 8 heteroatoms. The van der Waals surface area contributed by atoms with Gasteiger partial charge in [-0.1, -0.05) is 35.9 Å². The summed E-state index contributed by atoms with van der Waals surface area (Å²) in [6, 6.07) is 12.8. The summed E-state index contributed by atoms with van der Waals surface area (Å²) >= 11 is 6.00. The van der Waals surface area contributed by atoms with Gasteiger partial charge in [0.2, 0.25) is 0 Å². The van der Waals surface area contributed by atoms with E-state index in [1.807, 2.05) is 0 Å². The lowest BCUT2D eigenvalue weighted by Crippen LogP contribution is -2.13. The number of hydrogen-bond acceptors (Lipinski definition) is 5. The Hall–Kier alpha value is -3.32. The second-order valence-electron chi connectivity index (χ2n) is 5.04. The molecule has 0 unspecified atom stereocenters. The number of nitrogens with one attached hydrogen (secondary N) is 1. The van der Waals surface area contributed by atoms with Gasteiger partial charge in [0.1, 0.15) is 0 Å². The van der Waals surface area contributed by atoms with E-state index in [1.165, 1.54) is 24.5 Å². The summed E-state index contributed by atoms with van der Waals surface area (Å²) in [5, 5.41) is 13.9. The number of hydrogen-bond donors (Lipinski definition) is 1. The minimum absolute atomic E-state index is 0.0540. The molecule has 0 spiro atoms. The first-order chi connectivity index (χ1) is 12.0. The van der Waals surface area contributed by atoms with Gasteiger partial charge in [0.05, 0.1) is 21.2 Å². The molecule has 1 amide bonds. The van der Waals surface area contributed by atoms with Gasteiger partial charge in [-0.15, -0.1) is 0 Å². The predicted octanol–water partition coefficient (Wildman–Crippen LogP) is 3.96. The third kappa shape index (κ3) is 3.78. The highest BCUT2D eigenvalue weighted by molar-refractivity contribution is 6.33. The van der Waals surface area contributed by atoms with E-state index in [4.69, 9.17) is 11.6 Å². The third-order valence-corrected chi connectivity index (χ3v) is 3.68. The van der Waals surface area contributed by atoms with Gasteiger partial charge in [-0.05, 0) is 12.1 Å². The van der Waals surface area contributed by atoms with Gasteiger partial charge in [0.15, 0.2) is 5.82 Å². The van der Waals surface area contributed by atoms with E-state index in [-0.39, 0.29) is 17.1 Å². The average molecular weight is 355 g/mol. The van der Waals surface area contributed by atoms with Crippen molar-refractivity contribution < 1.29 is 9.72 Å². The molecule has 0 aliphatic rings. The lowest BCUT2D eigenvalue weighted by Gasteiger charge is -2.07. The molecule has 0 atom stereocenters. The second kappa shape index (κ2) is 7.06. The number of aromatic nitrogens is 2. The van der Waals surface area contributed by atoms with Crippen molar-refractivity contribution in [2.24, 2.45) is 0 Å². The van der Waals surface area contributed by atoms with Crippen molar-refractivity contribution in [3.63, 3.8) is 0 Å². The number of non-ortho nitro benzene ring substituents is 1. The van der Waals surface area contributed by atoms with Crippen LogP contribution in [0.5, 0.6) is 0 Å². The van der Waals surface area contributed by atoms with Crippen LogP contribution in [-0.4, -0.2) is 20.8 Å². The van der Waals surface area contributed by atoms with Crippen molar-refractivity contribution in [2.45, 2.75) is 0 Å². The fraction of sp³-hybridized carbons (Fsp3) is 0. The summed E-state index contributed by atoms with van der Waals surface area (Å²) < 4.78 is 0. The van der Waals surface area contributed by atoms with E-state index in [0.29, 0.717) is 16.3 Å². The number of nitro groups is 1. The monoisotopic (exact) mass is 354 g/mol. The number of carbonyl (C=O) groups excluding carboxylic acids is 1. The van der Waals surface area contributed by atoms with E-state index >= 15 is 0 Å². The molecule has 0 fully saturated rings. The predicted molar refractivity (Wildman–Crippen MR) is 93.5 cm³/mol. The van der Waals surface area contributed by atoms with E-state index in [0.717, 1.165) is 0 Å². The molecule has 0 saturated carbocycles. The molecule has 25 heavy (non-hydrogen) atoms. The maximum Gasteiger partial charge on any atom is 0.270 e. The lowest BCUT2D eigenvalue weighted by molar-refractivity contribution is -0.384. The average Bonchev–Trinajstić information content (AvgIpc) is 2.64. The molecule has 7 nitrogen and oxygen atoms in total. The van der Waals surface area contributed by atoms with Gasteiger partial charge in [-0.2, -0.15) is 0 Å². The Labute approximate surface area is 147 Å². The van der Waals surface area contributed by atoms with Crippen molar-refractivity contribution >= 4 is 28.9 Å². The summed E-state index contributed by atoms with van der Waals surface area (Å²) in [6.07, 6.45) is 2.71. The number of para-hydroxylation sites is 1. The molecule has 1 aromatic heterocycles. The maximum absolute atomic E-state index is 12.2. The smallest absolute Gasteiger partial charge is 0.270 e. The number of anilines is 1. The molecule has 124 valence electrons.